The molecular formula is C17H19FN2O3. The van der Waals surface area contributed by atoms with Gasteiger partial charge < -0.3 is 14.6 Å². The van der Waals surface area contributed by atoms with Gasteiger partial charge in [0.2, 0.25) is 5.43 Å². The number of amides is 1. The van der Waals surface area contributed by atoms with Crippen molar-refractivity contribution in [2.45, 2.75) is 25.8 Å². The van der Waals surface area contributed by atoms with Crippen LogP contribution in [0.3, 0.4) is 0 Å². The van der Waals surface area contributed by atoms with Crippen molar-refractivity contribution in [2.24, 2.45) is 0 Å². The predicted octanol–water partition coefficient (Wildman–Crippen LogP) is 2.31. The second kappa shape index (κ2) is 6.50. The Hall–Kier alpha value is -2.21. The zero-order valence-electron chi connectivity index (χ0n) is 13.0. The molecule has 1 aliphatic heterocycles. The maximum absolute atomic E-state index is 13.7. The molecule has 0 radical (unpaired) electrons. The van der Waals surface area contributed by atoms with Gasteiger partial charge in [-0.3, -0.25) is 9.59 Å². The highest BCUT2D eigenvalue weighted by atomic mass is 19.1. The van der Waals surface area contributed by atoms with Crippen LogP contribution in [0.2, 0.25) is 0 Å². The largest absolute Gasteiger partial charge is 0.380 e. The summed E-state index contributed by atoms with van der Waals surface area (Å²) in [5.41, 5.74) is -0.266. The number of nitrogens with one attached hydrogen (secondary N) is 1. The summed E-state index contributed by atoms with van der Waals surface area (Å²) in [5.74, 6) is -0.825. The van der Waals surface area contributed by atoms with E-state index in [1.54, 1.807) is 4.90 Å². The van der Waals surface area contributed by atoms with Gasteiger partial charge >= 0.3 is 0 Å². The number of ether oxygens (including phenoxy) is 1. The number of halogens is 1. The van der Waals surface area contributed by atoms with E-state index in [2.05, 4.69) is 4.98 Å². The highest BCUT2D eigenvalue weighted by molar-refractivity contribution is 5.97. The zero-order valence-corrected chi connectivity index (χ0v) is 13.0. The van der Waals surface area contributed by atoms with Gasteiger partial charge in [0.1, 0.15) is 11.4 Å². The molecule has 1 amide bonds. The van der Waals surface area contributed by atoms with Gasteiger partial charge in [0, 0.05) is 24.7 Å². The van der Waals surface area contributed by atoms with Crippen LogP contribution in [0.15, 0.2) is 29.2 Å². The first-order valence-electron chi connectivity index (χ1n) is 7.82. The van der Waals surface area contributed by atoms with Crippen LogP contribution in [0.5, 0.6) is 0 Å². The molecule has 1 saturated heterocycles. The minimum atomic E-state index is -0.506. The number of aromatic amines is 1. The number of carbonyl (C=O) groups excluding carboxylic acids is 1. The Morgan fingerprint density at radius 3 is 3.09 bits per heavy atom. The SMILES string of the molecule is CCOC[C@H]1CCCN1C(=O)c1c[nH]c2c(F)cccc2c1=O. The van der Waals surface area contributed by atoms with Gasteiger partial charge in [0.05, 0.1) is 18.2 Å². The maximum atomic E-state index is 13.7. The van der Waals surface area contributed by atoms with Gasteiger partial charge in [-0.1, -0.05) is 6.07 Å². The molecule has 1 atom stereocenters. The minimum Gasteiger partial charge on any atom is -0.380 e. The van der Waals surface area contributed by atoms with E-state index in [4.69, 9.17) is 4.74 Å². The summed E-state index contributed by atoms with van der Waals surface area (Å²) >= 11 is 0. The molecule has 1 aromatic heterocycles. The highest BCUT2D eigenvalue weighted by Gasteiger charge is 2.31. The summed E-state index contributed by atoms with van der Waals surface area (Å²) in [4.78, 5) is 29.7. The fraction of sp³-hybridized carbons (Fsp3) is 0.412. The van der Waals surface area contributed by atoms with E-state index < -0.39 is 11.2 Å². The van der Waals surface area contributed by atoms with Gasteiger partial charge in [-0.05, 0) is 31.9 Å². The van der Waals surface area contributed by atoms with E-state index in [0.717, 1.165) is 12.8 Å². The topological polar surface area (TPSA) is 62.4 Å². The van der Waals surface area contributed by atoms with Crippen molar-refractivity contribution >= 4 is 16.8 Å². The van der Waals surface area contributed by atoms with Crippen molar-refractivity contribution in [1.29, 1.82) is 0 Å². The number of para-hydroxylation sites is 1. The number of fused-ring (bicyclic) bond motifs is 1. The van der Waals surface area contributed by atoms with Crippen molar-refractivity contribution in [3.63, 3.8) is 0 Å². The van der Waals surface area contributed by atoms with Gasteiger partial charge in [-0.15, -0.1) is 0 Å². The van der Waals surface area contributed by atoms with Gasteiger partial charge in [0.25, 0.3) is 5.91 Å². The first kappa shape index (κ1) is 15.7. The lowest BCUT2D eigenvalue weighted by molar-refractivity contribution is 0.0563. The Kier molecular flexibility index (Phi) is 4.43. The predicted molar refractivity (Wildman–Crippen MR) is 85.1 cm³/mol. The van der Waals surface area contributed by atoms with Crippen LogP contribution in [0.1, 0.15) is 30.1 Å². The van der Waals surface area contributed by atoms with Crippen LogP contribution >= 0.6 is 0 Å². The molecule has 1 N–H and O–H groups in total. The van der Waals surface area contributed by atoms with Crippen LogP contribution in [0.25, 0.3) is 10.9 Å². The number of likely N-dealkylation sites (tertiary alicyclic amines) is 1. The molecule has 122 valence electrons. The molecular weight excluding hydrogens is 299 g/mol. The van der Waals surface area contributed by atoms with Crippen molar-refractivity contribution in [3.8, 4) is 0 Å². The summed E-state index contributed by atoms with van der Waals surface area (Å²) in [6.45, 7) is 3.58. The van der Waals surface area contributed by atoms with Gasteiger partial charge in [-0.2, -0.15) is 0 Å². The first-order valence-corrected chi connectivity index (χ1v) is 7.82. The molecule has 0 unspecified atom stereocenters. The number of rotatable bonds is 4. The molecule has 0 saturated carbocycles. The molecule has 3 rings (SSSR count). The third-order valence-corrected chi connectivity index (χ3v) is 4.25. The van der Waals surface area contributed by atoms with Crippen LogP contribution in [-0.4, -0.2) is 41.6 Å². The Bertz CT molecular complexity index is 787. The third kappa shape index (κ3) is 2.86. The van der Waals surface area contributed by atoms with Crippen LogP contribution in [0.4, 0.5) is 4.39 Å². The highest BCUT2D eigenvalue weighted by Crippen LogP contribution is 2.20. The quantitative estimate of drug-likeness (QED) is 0.941. The summed E-state index contributed by atoms with van der Waals surface area (Å²) in [7, 11) is 0. The van der Waals surface area contributed by atoms with Crippen LogP contribution in [-0.2, 0) is 4.74 Å². The number of H-pyrrole nitrogens is 1. The van der Waals surface area contributed by atoms with E-state index in [9.17, 15) is 14.0 Å². The van der Waals surface area contributed by atoms with Crippen molar-refractivity contribution < 1.29 is 13.9 Å². The summed E-state index contributed by atoms with van der Waals surface area (Å²) in [6, 6.07) is 4.26. The summed E-state index contributed by atoms with van der Waals surface area (Å²) in [6.07, 6.45) is 3.07. The Morgan fingerprint density at radius 1 is 1.48 bits per heavy atom. The number of benzene rings is 1. The third-order valence-electron chi connectivity index (χ3n) is 4.25. The van der Waals surface area contributed by atoms with E-state index in [1.807, 2.05) is 6.92 Å². The molecule has 5 nitrogen and oxygen atoms in total. The maximum Gasteiger partial charge on any atom is 0.259 e. The Morgan fingerprint density at radius 2 is 2.30 bits per heavy atom. The number of hydrogen-bond donors (Lipinski definition) is 1. The fourth-order valence-electron chi connectivity index (χ4n) is 3.06. The first-order chi connectivity index (χ1) is 11.1. The lowest BCUT2D eigenvalue weighted by Gasteiger charge is -2.24. The monoisotopic (exact) mass is 318 g/mol. The van der Waals surface area contributed by atoms with Crippen molar-refractivity contribution in [1.82, 2.24) is 9.88 Å². The van der Waals surface area contributed by atoms with Crippen molar-refractivity contribution in [3.05, 3.63) is 46.0 Å². The van der Waals surface area contributed by atoms with Crippen molar-refractivity contribution in [2.75, 3.05) is 19.8 Å². The molecule has 6 heteroatoms. The zero-order chi connectivity index (χ0) is 16.4. The lowest BCUT2D eigenvalue weighted by atomic mass is 10.1. The molecule has 0 spiro atoms. The molecule has 2 aromatic rings. The van der Waals surface area contributed by atoms with E-state index >= 15 is 0 Å². The second-order valence-electron chi connectivity index (χ2n) is 5.65. The average molecular weight is 318 g/mol. The van der Waals surface area contributed by atoms with Gasteiger partial charge in [0.15, 0.2) is 0 Å². The number of hydrogen-bond acceptors (Lipinski definition) is 3. The van der Waals surface area contributed by atoms with E-state index in [-0.39, 0.29) is 28.4 Å². The summed E-state index contributed by atoms with van der Waals surface area (Å²) in [5, 5.41) is 0.191. The number of nitrogens with zero attached hydrogens (tertiary/aromatic N) is 1. The lowest BCUT2D eigenvalue weighted by Crippen LogP contribution is -2.40. The minimum absolute atomic E-state index is 0.00921. The Balaban J connectivity index is 1.95. The normalized spacial score (nSPS) is 17.8. The van der Waals surface area contributed by atoms with E-state index in [0.29, 0.717) is 19.8 Å². The molecule has 1 aromatic carbocycles. The molecule has 0 bridgehead atoms. The number of carbonyl (C=O) groups is 1. The van der Waals surface area contributed by atoms with Crippen LogP contribution in [0, 0.1) is 5.82 Å². The second-order valence-corrected chi connectivity index (χ2v) is 5.65. The van der Waals surface area contributed by atoms with E-state index in [1.165, 1.54) is 24.4 Å². The average Bonchev–Trinajstić information content (AvgIpc) is 3.02. The fourth-order valence-corrected chi connectivity index (χ4v) is 3.06. The molecule has 23 heavy (non-hydrogen) atoms. The molecule has 2 heterocycles. The Labute approximate surface area is 133 Å². The molecule has 1 fully saturated rings. The van der Waals surface area contributed by atoms with Gasteiger partial charge in [-0.25, -0.2) is 4.39 Å². The van der Waals surface area contributed by atoms with Crippen LogP contribution < -0.4 is 5.43 Å². The smallest absolute Gasteiger partial charge is 0.259 e. The number of aromatic nitrogens is 1. The molecule has 0 aliphatic carbocycles. The number of pyridine rings is 1. The summed E-state index contributed by atoms with van der Waals surface area (Å²) < 4.78 is 19.1. The standard InChI is InChI=1S/C17H19FN2O3/c1-2-23-10-11-5-4-8-20(11)17(22)13-9-19-15-12(16(13)21)6-3-7-14(15)18/h3,6-7,9,11H,2,4-5,8,10H2,1H3,(H,19,21)/t11-/m1/s1. The molecule has 1 aliphatic rings.